The summed E-state index contributed by atoms with van der Waals surface area (Å²) in [5.74, 6) is -0.344. The van der Waals surface area contributed by atoms with Crippen molar-refractivity contribution in [2.75, 3.05) is 29.9 Å². The molecule has 1 aliphatic heterocycles. The molecule has 2 aromatic carbocycles. The number of para-hydroxylation sites is 2. The molecule has 1 heterocycles. The number of carbonyl (C=O) groups excluding carboxylic acids is 1. The molecule has 0 aliphatic carbocycles. The molecule has 24 heavy (non-hydrogen) atoms. The van der Waals surface area contributed by atoms with Crippen LogP contribution in [-0.4, -0.2) is 34.5 Å². The fourth-order valence-corrected chi connectivity index (χ4v) is 3.38. The molecule has 0 spiro atoms. The highest BCUT2D eigenvalue weighted by Crippen LogP contribution is 2.32. The van der Waals surface area contributed by atoms with Gasteiger partial charge in [0.25, 0.3) is 5.91 Å². The molecule has 126 valence electrons. The van der Waals surface area contributed by atoms with Crippen molar-refractivity contribution in [3.05, 3.63) is 54.1 Å². The van der Waals surface area contributed by atoms with Crippen molar-refractivity contribution in [1.29, 1.82) is 0 Å². The highest BCUT2D eigenvalue weighted by molar-refractivity contribution is 7.86. The van der Waals surface area contributed by atoms with Crippen LogP contribution in [0.4, 0.5) is 15.3 Å². The number of nitrogens with zero attached hydrogens (tertiary/aromatic N) is 2. The Kier molecular flexibility index (Phi) is 4.28. The van der Waals surface area contributed by atoms with Crippen LogP contribution in [-0.2, 0) is 10.2 Å². The summed E-state index contributed by atoms with van der Waals surface area (Å²) < 4.78 is 35.4. The van der Waals surface area contributed by atoms with Gasteiger partial charge in [-0.25, -0.2) is 0 Å². The summed E-state index contributed by atoms with van der Waals surface area (Å²) in [5.41, 5.74) is 1.83. The Bertz CT molecular complexity index is 883. The number of amides is 1. The zero-order chi connectivity index (χ0) is 17.3. The zero-order valence-corrected chi connectivity index (χ0v) is 14.0. The van der Waals surface area contributed by atoms with Crippen LogP contribution in [0.5, 0.6) is 0 Å². The Morgan fingerprint density at radius 1 is 1.04 bits per heavy atom. The predicted molar refractivity (Wildman–Crippen MR) is 90.7 cm³/mol. The maximum absolute atomic E-state index is 13.2. The van der Waals surface area contributed by atoms with E-state index in [1.807, 2.05) is 31.3 Å². The smallest absolute Gasteiger partial charge is 0.332 e. The first-order valence-corrected chi connectivity index (χ1v) is 8.93. The number of anilines is 2. The minimum Gasteiger partial charge on any atom is -0.373 e. The second-order valence-electron chi connectivity index (χ2n) is 5.69. The maximum Gasteiger partial charge on any atom is 0.332 e. The third kappa shape index (κ3) is 3.12. The molecule has 0 atom stereocenters. The SMILES string of the molecule is CN1CCCN(C(=O)c2cccc(S(=O)(=O)F)c2)c2ccccc21. The Labute approximate surface area is 140 Å². The lowest BCUT2D eigenvalue weighted by Gasteiger charge is -2.24. The minimum atomic E-state index is -4.85. The van der Waals surface area contributed by atoms with Crippen molar-refractivity contribution in [3.8, 4) is 0 Å². The van der Waals surface area contributed by atoms with Crippen LogP contribution in [0.3, 0.4) is 0 Å². The monoisotopic (exact) mass is 348 g/mol. The largest absolute Gasteiger partial charge is 0.373 e. The van der Waals surface area contributed by atoms with E-state index in [1.165, 1.54) is 12.1 Å². The van der Waals surface area contributed by atoms with Gasteiger partial charge in [-0.05, 0) is 36.8 Å². The first-order valence-electron chi connectivity index (χ1n) is 7.55. The van der Waals surface area contributed by atoms with Gasteiger partial charge in [0, 0.05) is 25.7 Å². The normalized spacial score (nSPS) is 14.9. The molecule has 2 aromatic rings. The number of rotatable bonds is 2. The fraction of sp³-hybridized carbons (Fsp3) is 0.235. The predicted octanol–water partition coefficient (Wildman–Crippen LogP) is 2.83. The molecule has 0 saturated carbocycles. The van der Waals surface area contributed by atoms with Gasteiger partial charge in [-0.2, -0.15) is 8.42 Å². The van der Waals surface area contributed by atoms with Crippen LogP contribution in [0.1, 0.15) is 16.8 Å². The fourth-order valence-electron chi connectivity index (χ4n) is 2.87. The Morgan fingerprint density at radius 3 is 2.46 bits per heavy atom. The molecule has 0 saturated heterocycles. The first kappa shape index (κ1) is 16.4. The van der Waals surface area contributed by atoms with Gasteiger partial charge < -0.3 is 9.80 Å². The molecule has 3 rings (SSSR count). The van der Waals surface area contributed by atoms with Gasteiger partial charge in [-0.3, -0.25) is 4.79 Å². The van der Waals surface area contributed by atoms with E-state index in [0.29, 0.717) is 6.54 Å². The first-order chi connectivity index (χ1) is 11.4. The third-order valence-electron chi connectivity index (χ3n) is 4.07. The Balaban J connectivity index is 2.03. The summed E-state index contributed by atoms with van der Waals surface area (Å²) in [5, 5.41) is 0. The summed E-state index contributed by atoms with van der Waals surface area (Å²) in [7, 11) is -2.88. The molecule has 5 nitrogen and oxygen atoms in total. The third-order valence-corrected chi connectivity index (χ3v) is 4.88. The summed E-state index contributed by atoms with van der Waals surface area (Å²) in [6, 6.07) is 12.6. The van der Waals surface area contributed by atoms with Gasteiger partial charge in [-0.1, -0.05) is 18.2 Å². The molecule has 0 fully saturated rings. The lowest BCUT2D eigenvalue weighted by Crippen LogP contribution is -2.31. The Hall–Kier alpha value is -2.41. The van der Waals surface area contributed by atoms with Crippen LogP contribution < -0.4 is 9.80 Å². The zero-order valence-electron chi connectivity index (χ0n) is 13.1. The number of halogens is 1. The quantitative estimate of drug-likeness (QED) is 0.783. The molecule has 0 radical (unpaired) electrons. The van der Waals surface area contributed by atoms with Crippen molar-refractivity contribution >= 4 is 27.5 Å². The lowest BCUT2D eigenvalue weighted by atomic mass is 10.1. The Morgan fingerprint density at radius 2 is 1.75 bits per heavy atom. The van der Waals surface area contributed by atoms with E-state index < -0.39 is 15.1 Å². The average molecular weight is 348 g/mol. The molecule has 7 heteroatoms. The molecule has 0 aromatic heterocycles. The van der Waals surface area contributed by atoms with Crippen LogP contribution in [0.2, 0.25) is 0 Å². The summed E-state index contributed by atoms with van der Waals surface area (Å²) in [6.45, 7) is 1.31. The molecule has 0 unspecified atom stereocenters. The second kappa shape index (κ2) is 6.24. The minimum absolute atomic E-state index is 0.146. The number of hydrogen-bond donors (Lipinski definition) is 0. The van der Waals surface area contributed by atoms with Gasteiger partial charge in [0.15, 0.2) is 0 Å². The second-order valence-corrected chi connectivity index (χ2v) is 7.03. The topological polar surface area (TPSA) is 57.7 Å². The van der Waals surface area contributed by atoms with E-state index in [-0.39, 0.29) is 11.5 Å². The van der Waals surface area contributed by atoms with Crippen LogP contribution in [0.15, 0.2) is 53.4 Å². The number of benzene rings is 2. The number of hydrogen-bond acceptors (Lipinski definition) is 4. The number of carbonyl (C=O) groups is 1. The van der Waals surface area contributed by atoms with Gasteiger partial charge in [0.2, 0.25) is 0 Å². The molecule has 0 bridgehead atoms. The van der Waals surface area contributed by atoms with Crippen molar-refractivity contribution in [3.63, 3.8) is 0 Å². The highest BCUT2D eigenvalue weighted by Gasteiger charge is 2.25. The van der Waals surface area contributed by atoms with E-state index in [4.69, 9.17) is 0 Å². The van der Waals surface area contributed by atoms with Crippen LogP contribution in [0, 0.1) is 0 Å². The van der Waals surface area contributed by atoms with E-state index in [2.05, 4.69) is 4.90 Å². The lowest BCUT2D eigenvalue weighted by molar-refractivity contribution is 0.0987. The standard InChI is InChI=1S/C17H17FN2O3S/c1-19-10-5-11-20(16-9-3-2-8-15(16)19)17(21)13-6-4-7-14(12-13)24(18,22)23/h2-4,6-9,12H,5,10-11H2,1H3. The number of fused-ring (bicyclic) bond motifs is 1. The molecular formula is C17H17FN2O3S. The van der Waals surface area contributed by atoms with Crippen molar-refractivity contribution in [2.24, 2.45) is 0 Å². The van der Waals surface area contributed by atoms with E-state index in [9.17, 15) is 17.1 Å². The van der Waals surface area contributed by atoms with Gasteiger partial charge in [-0.15, -0.1) is 3.89 Å². The molecule has 1 amide bonds. The molecular weight excluding hydrogens is 331 g/mol. The molecule has 0 N–H and O–H groups in total. The highest BCUT2D eigenvalue weighted by atomic mass is 32.3. The summed E-state index contributed by atoms with van der Waals surface area (Å²) >= 11 is 0. The van der Waals surface area contributed by atoms with E-state index >= 15 is 0 Å². The van der Waals surface area contributed by atoms with Gasteiger partial charge in [0.1, 0.15) is 0 Å². The van der Waals surface area contributed by atoms with Crippen molar-refractivity contribution < 1.29 is 17.1 Å². The maximum atomic E-state index is 13.2. The van der Waals surface area contributed by atoms with Gasteiger partial charge >= 0.3 is 10.2 Å². The van der Waals surface area contributed by atoms with Crippen molar-refractivity contribution in [1.82, 2.24) is 0 Å². The van der Waals surface area contributed by atoms with Crippen molar-refractivity contribution in [2.45, 2.75) is 11.3 Å². The van der Waals surface area contributed by atoms with Gasteiger partial charge in [0.05, 0.1) is 16.3 Å². The summed E-state index contributed by atoms with van der Waals surface area (Å²) in [6.07, 6.45) is 0.776. The summed E-state index contributed by atoms with van der Waals surface area (Å²) in [4.78, 5) is 16.1. The molecule has 1 aliphatic rings. The van der Waals surface area contributed by atoms with E-state index in [0.717, 1.165) is 36.5 Å². The van der Waals surface area contributed by atoms with E-state index in [1.54, 1.807) is 4.90 Å². The average Bonchev–Trinajstić information content (AvgIpc) is 2.73. The van der Waals surface area contributed by atoms with Crippen LogP contribution >= 0.6 is 0 Å². The van der Waals surface area contributed by atoms with Crippen LogP contribution in [0.25, 0.3) is 0 Å².